The van der Waals surface area contributed by atoms with E-state index in [1.165, 1.54) is 6.42 Å². The van der Waals surface area contributed by atoms with Crippen LogP contribution in [0, 0.1) is 5.92 Å². The maximum absolute atomic E-state index is 12.5. The third-order valence-electron chi connectivity index (χ3n) is 3.88. The summed E-state index contributed by atoms with van der Waals surface area (Å²) >= 11 is 5.79. The Kier molecular flexibility index (Phi) is 5.25. The molecule has 1 aliphatic rings. The Labute approximate surface area is 126 Å². The van der Waals surface area contributed by atoms with Crippen LogP contribution in [0.3, 0.4) is 0 Å². The largest absolute Gasteiger partial charge is 0.433 e. The highest BCUT2D eigenvalue weighted by molar-refractivity contribution is 6.32. The molecule has 1 aliphatic carbocycles. The van der Waals surface area contributed by atoms with Crippen LogP contribution in [0.1, 0.15) is 61.0 Å². The molecule has 2 nitrogen and oxygen atoms in total. The van der Waals surface area contributed by atoms with Gasteiger partial charge in [-0.15, -0.1) is 0 Å². The molecular formula is C15H17ClF3NO. The summed E-state index contributed by atoms with van der Waals surface area (Å²) in [5.41, 5.74) is -0.961. The van der Waals surface area contributed by atoms with E-state index in [2.05, 4.69) is 4.98 Å². The van der Waals surface area contributed by atoms with Gasteiger partial charge in [-0.3, -0.25) is 4.79 Å². The highest BCUT2D eigenvalue weighted by Crippen LogP contribution is 2.31. The molecule has 1 aromatic rings. The minimum absolute atomic E-state index is 0.107. The second-order valence-electron chi connectivity index (χ2n) is 5.44. The summed E-state index contributed by atoms with van der Waals surface area (Å²) in [5, 5.41) is -0.350. The number of carbonyl (C=O) groups is 1. The molecule has 21 heavy (non-hydrogen) atoms. The molecule has 6 heteroatoms. The quantitative estimate of drug-likeness (QED) is 0.547. The molecular weight excluding hydrogens is 303 g/mol. The van der Waals surface area contributed by atoms with Gasteiger partial charge in [0.25, 0.3) is 0 Å². The number of carbonyl (C=O) groups excluding carboxylic acids is 1. The van der Waals surface area contributed by atoms with Crippen molar-refractivity contribution in [2.24, 2.45) is 5.92 Å². The average molecular weight is 320 g/mol. The third kappa shape index (κ3) is 4.19. The third-order valence-corrected chi connectivity index (χ3v) is 4.17. The number of Topliss-reactive ketones (excluding diaryl/α,β-unsaturated/α-hetero) is 1. The van der Waals surface area contributed by atoms with Crippen molar-refractivity contribution < 1.29 is 18.0 Å². The molecule has 0 aliphatic heterocycles. The van der Waals surface area contributed by atoms with Gasteiger partial charge in [-0.25, -0.2) is 4.98 Å². The summed E-state index contributed by atoms with van der Waals surface area (Å²) in [5.74, 6) is -0.329. The lowest BCUT2D eigenvalue weighted by Gasteiger charge is -2.19. The summed E-state index contributed by atoms with van der Waals surface area (Å²) in [4.78, 5) is 15.8. The average Bonchev–Trinajstić information content (AvgIpc) is 2.36. The van der Waals surface area contributed by atoms with E-state index in [4.69, 9.17) is 11.6 Å². The fraction of sp³-hybridized carbons (Fsp3) is 0.600. The molecule has 0 aromatic carbocycles. The van der Waals surface area contributed by atoms with E-state index in [0.29, 0.717) is 0 Å². The minimum Gasteiger partial charge on any atom is -0.294 e. The molecule has 0 spiro atoms. The molecule has 116 valence electrons. The molecule has 0 saturated heterocycles. The van der Waals surface area contributed by atoms with Crippen molar-refractivity contribution in [1.29, 1.82) is 0 Å². The smallest absolute Gasteiger partial charge is 0.294 e. The predicted molar refractivity (Wildman–Crippen MR) is 74.4 cm³/mol. The fourth-order valence-electron chi connectivity index (χ4n) is 2.71. The highest BCUT2D eigenvalue weighted by Gasteiger charge is 2.34. The highest BCUT2D eigenvalue weighted by atomic mass is 35.5. The Morgan fingerprint density at radius 1 is 1.10 bits per heavy atom. The van der Waals surface area contributed by atoms with Gasteiger partial charge in [-0.2, -0.15) is 13.2 Å². The number of nitrogens with zero attached hydrogens (tertiary/aromatic N) is 1. The molecule has 1 heterocycles. The molecule has 1 fully saturated rings. The Morgan fingerprint density at radius 2 is 1.67 bits per heavy atom. The number of halogens is 4. The van der Waals surface area contributed by atoms with E-state index in [1.54, 1.807) is 0 Å². The topological polar surface area (TPSA) is 30.0 Å². The molecule has 0 amide bonds. The number of rotatable bonds is 2. The normalized spacial score (nSPS) is 18.1. The van der Waals surface area contributed by atoms with E-state index >= 15 is 0 Å². The van der Waals surface area contributed by atoms with Gasteiger partial charge in [-0.1, -0.05) is 43.7 Å². The second-order valence-corrected chi connectivity index (χ2v) is 5.80. The van der Waals surface area contributed by atoms with E-state index < -0.39 is 11.9 Å². The molecule has 0 atom stereocenters. The van der Waals surface area contributed by atoms with Crippen LogP contribution in [0.25, 0.3) is 0 Å². The van der Waals surface area contributed by atoms with Crippen molar-refractivity contribution in [1.82, 2.24) is 4.98 Å². The molecule has 1 aromatic heterocycles. The number of hydrogen-bond acceptors (Lipinski definition) is 2. The maximum Gasteiger partial charge on any atom is 0.433 e. The summed E-state index contributed by atoms with van der Waals surface area (Å²) in [7, 11) is 0. The number of pyridine rings is 1. The van der Waals surface area contributed by atoms with Crippen molar-refractivity contribution in [2.75, 3.05) is 0 Å². The van der Waals surface area contributed by atoms with E-state index in [-0.39, 0.29) is 22.4 Å². The Balaban J connectivity index is 2.18. The first-order valence-electron chi connectivity index (χ1n) is 7.17. The van der Waals surface area contributed by atoms with Gasteiger partial charge in [0, 0.05) is 5.92 Å². The lowest BCUT2D eigenvalue weighted by atomic mass is 9.86. The van der Waals surface area contributed by atoms with Gasteiger partial charge in [0.1, 0.15) is 10.8 Å². The van der Waals surface area contributed by atoms with Crippen LogP contribution in [-0.2, 0) is 6.18 Å². The van der Waals surface area contributed by atoms with Crippen LogP contribution in [0.4, 0.5) is 13.2 Å². The van der Waals surface area contributed by atoms with Crippen LogP contribution < -0.4 is 0 Å². The van der Waals surface area contributed by atoms with E-state index in [9.17, 15) is 18.0 Å². The van der Waals surface area contributed by atoms with Crippen LogP contribution in [0.15, 0.2) is 12.1 Å². The maximum atomic E-state index is 12.5. The van der Waals surface area contributed by atoms with Gasteiger partial charge >= 0.3 is 6.18 Å². The van der Waals surface area contributed by atoms with E-state index in [0.717, 1.165) is 50.7 Å². The first-order chi connectivity index (χ1) is 9.89. The number of ketones is 1. The first kappa shape index (κ1) is 16.3. The zero-order chi connectivity index (χ0) is 15.5. The summed E-state index contributed by atoms with van der Waals surface area (Å²) in [6.45, 7) is 0. The lowest BCUT2D eigenvalue weighted by molar-refractivity contribution is -0.141. The van der Waals surface area contributed by atoms with Crippen LogP contribution in [0.5, 0.6) is 0 Å². The SMILES string of the molecule is O=C(c1ccc(C(F)(F)F)nc1Cl)C1CCCCCCC1. The van der Waals surface area contributed by atoms with Crippen molar-refractivity contribution >= 4 is 17.4 Å². The van der Waals surface area contributed by atoms with Crippen LogP contribution >= 0.6 is 11.6 Å². The second kappa shape index (κ2) is 6.77. The zero-order valence-electron chi connectivity index (χ0n) is 11.5. The number of aromatic nitrogens is 1. The summed E-state index contributed by atoms with van der Waals surface area (Å²) < 4.78 is 37.6. The lowest BCUT2D eigenvalue weighted by Crippen LogP contribution is -2.18. The molecule has 2 rings (SSSR count). The Morgan fingerprint density at radius 3 is 2.19 bits per heavy atom. The van der Waals surface area contributed by atoms with Crippen LogP contribution in [0.2, 0.25) is 5.15 Å². The zero-order valence-corrected chi connectivity index (χ0v) is 12.3. The van der Waals surface area contributed by atoms with Crippen molar-refractivity contribution in [3.05, 3.63) is 28.5 Å². The van der Waals surface area contributed by atoms with Crippen molar-refractivity contribution in [3.8, 4) is 0 Å². The fourth-order valence-corrected chi connectivity index (χ4v) is 2.96. The molecule has 1 saturated carbocycles. The van der Waals surface area contributed by atoms with Gasteiger partial charge in [-0.05, 0) is 25.0 Å². The Hall–Kier alpha value is -1.10. The van der Waals surface area contributed by atoms with E-state index in [1.807, 2.05) is 0 Å². The van der Waals surface area contributed by atoms with Gasteiger partial charge < -0.3 is 0 Å². The number of hydrogen-bond donors (Lipinski definition) is 0. The standard InChI is InChI=1S/C15H17ClF3NO/c16-14-11(8-9-12(20-14)15(17,18)19)13(21)10-6-4-2-1-3-5-7-10/h8-10H,1-7H2. The first-order valence-corrected chi connectivity index (χ1v) is 7.55. The summed E-state index contributed by atoms with van der Waals surface area (Å²) in [6.07, 6.45) is 2.33. The number of alkyl halides is 3. The van der Waals surface area contributed by atoms with Crippen LogP contribution in [-0.4, -0.2) is 10.8 Å². The van der Waals surface area contributed by atoms with Crippen molar-refractivity contribution in [2.45, 2.75) is 51.1 Å². The molecule has 0 radical (unpaired) electrons. The Bertz CT molecular complexity index is 508. The van der Waals surface area contributed by atoms with Gasteiger partial charge in [0.15, 0.2) is 5.78 Å². The predicted octanol–water partition coefficient (Wildman–Crippen LogP) is 5.30. The summed E-state index contributed by atoms with van der Waals surface area (Å²) in [6, 6.07) is 1.97. The molecule has 0 bridgehead atoms. The van der Waals surface area contributed by atoms with Gasteiger partial charge in [0.2, 0.25) is 0 Å². The molecule has 0 unspecified atom stereocenters. The van der Waals surface area contributed by atoms with Crippen molar-refractivity contribution in [3.63, 3.8) is 0 Å². The monoisotopic (exact) mass is 319 g/mol. The van der Waals surface area contributed by atoms with Gasteiger partial charge in [0.05, 0.1) is 5.56 Å². The minimum atomic E-state index is -4.55. The molecule has 0 N–H and O–H groups in total.